The predicted octanol–water partition coefficient (Wildman–Crippen LogP) is 0.00340. The zero-order valence-corrected chi connectivity index (χ0v) is 8.07. The Kier molecular flexibility index (Phi) is 2.19. The standard InChI is InChI=1S/C6H10BBrN2/c1-3-4-9-5(7)6(8)10(4)2/h3,7H2,1-2H3. The predicted molar refractivity (Wildman–Crippen MR) is 48.5 cm³/mol. The molecule has 0 saturated heterocycles. The molecule has 0 aromatic carbocycles. The van der Waals surface area contributed by atoms with Gasteiger partial charge in [0.2, 0.25) is 0 Å². The molecule has 0 amide bonds. The molecule has 1 aromatic heterocycles. The SMILES string of the molecule is Bc1nc(CC)n(C)c1Br. The minimum Gasteiger partial charge on any atom is -0.326 e. The molecule has 0 N–H and O–H groups in total. The zero-order valence-electron chi connectivity index (χ0n) is 6.48. The molecule has 0 fully saturated rings. The maximum atomic E-state index is 4.34. The van der Waals surface area contributed by atoms with Gasteiger partial charge in [0.05, 0.1) is 4.60 Å². The lowest BCUT2D eigenvalue weighted by molar-refractivity contribution is 0.794. The van der Waals surface area contributed by atoms with Crippen molar-refractivity contribution in [3.8, 4) is 0 Å². The topological polar surface area (TPSA) is 17.8 Å². The summed E-state index contributed by atoms with van der Waals surface area (Å²) < 4.78 is 3.15. The van der Waals surface area contributed by atoms with E-state index in [4.69, 9.17) is 0 Å². The molecule has 0 atom stereocenters. The summed E-state index contributed by atoms with van der Waals surface area (Å²) in [5.41, 5.74) is 1.07. The van der Waals surface area contributed by atoms with Crippen LogP contribution in [0.4, 0.5) is 0 Å². The highest BCUT2D eigenvalue weighted by Gasteiger charge is 2.05. The molecule has 10 heavy (non-hydrogen) atoms. The molecular weight excluding hydrogens is 191 g/mol. The molecular formula is C6H10BBrN2. The summed E-state index contributed by atoms with van der Waals surface area (Å²) in [6.07, 6.45) is 0.989. The third kappa shape index (κ3) is 1.12. The van der Waals surface area contributed by atoms with Crippen LogP contribution in [0.1, 0.15) is 12.7 Å². The lowest BCUT2D eigenvalue weighted by atomic mass is 10.1. The summed E-state index contributed by atoms with van der Waals surface area (Å²) in [4.78, 5) is 4.34. The van der Waals surface area contributed by atoms with E-state index in [9.17, 15) is 0 Å². The quantitative estimate of drug-likeness (QED) is 0.584. The van der Waals surface area contributed by atoms with E-state index in [0.29, 0.717) is 0 Å². The minimum atomic E-state index is 0.989. The molecule has 0 aliphatic rings. The first kappa shape index (κ1) is 7.86. The van der Waals surface area contributed by atoms with Crippen molar-refractivity contribution < 1.29 is 0 Å². The number of rotatable bonds is 1. The average molecular weight is 201 g/mol. The summed E-state index contributed by atoms with van der Waals surface area (Å²) >= 11 is 3.44. The third-order valence-electron chi connectivity index (χ3n) is 1.59. The molecule has 1 heterocycles. The smallest absolute Gasteiger partial charge is 0.167 e. The second kappa shape index (κ2) is 2.78. The van der Waals surface area contributed by atoms with E-state index >= 15 is 0 Å². The fraction of sp³-hybridized carbons (Fsp3) is 0.500. The van der Waals surface area contributed by atoms with Crippen LogP contribution in [0.5, 0.6) is 0 Å². The minimum absolute atomic E-state index is 0.989. The number of imidazole rings is 1. The van der Waals surface area contributed by atoms with Crippen molar-refractivity contribution in [3.05, 3.63) is 10.4 Å². The van der Waals surface area contributed by atoms with E-state index < -0.39 is 0 Å². The van der Waals surface area contributed by atoms with Crippen LogP contribution in [0.2, 0.25) is 0 Å². The number of aromatic nitrogens is 2. The van der Waals surface area contributed by atoms with E-state index in [1.165, 1.54) is 0 Å². The molecule has 0 saturated carbocycles. The van der Waals surface area contributed by atoms with E-state index in [0.717, 1.165) is 22.4 Å². The van der Waals surface area contributed by atoms with Gasteiger partial charge >= 0.3 is 0 Å². The van der Waals surface area contributed by atoms with Crippen molar-refractivity contribution in [1.29, 1.82) is 0 Å². The number of aryl methyl sites for hydroxylation is 1. The maximum Gasteiger partial charge on any atom is 0.167 e. The second-order valence-electron chi connectivity index (χ2n) is 2.32. The highest BCUT2D eigenvalue weighted by Crippen LogP contribution is 2.06. The summed E-state index contributed by atoms with van der Waals surface area (Å²) in [6, 6.07) is 0. The molecule has 0 bridgehead atoms. The van der Waals surface area contributed by atoms with Crippen LogP contribution in [-0.2, 0) is 13.5 Å². The fourth-order valence-corrected chi connectivity index (χ4v) is 1.28. The molecule has 0 aliphatic carbocycles. The van der Waals surface area contributed by atoms with Gasteiger partial charge in [-0.1, -0.05) is 6.92 Å². The van der Waals surface area contributed by atoms with Gasteiger partial charge in [-0.3, -0.25) is 0 Å². The van der Waals surface area contributed by atoms with Crippen LogP contribution in [0, 0.1) is 0 Å². The third-order valence-corrected chi connectivity index (χ3v) is 2.70. The van der Waals surface area contributed by atoms with Crippen molar-refractivity contribution in [1.82, 2.24) is 9.55 Å². The summed E-state index contributed by atoms with van der Waals surface area (Å²) in [5.74, 6) is 1.13. The highest BCUT2D eigenvalue weighted by molar-refractivity contribution is 9.10. The number of hydrogen-bond donors (Lipinski definition) is 0. The van der Waals surface area contributed by atoms with E-state index in [1.807, 2.05) is 14.9 Å². The average Bonchev–Trinajstić information content (AvgIpc) is 2.17. The monoisotopic (exact) mass is 200 g/mol. The van der Waals surface area contributed by atoms with Gasteiger partial charge in [-0.05, 0) is 15.9 Å². The Morgan fingerprint density at radius 2 is 2.30 bits per heavy atom. The van der Waals surface area contributed by atoms with Crippen LogP contribution in [0.15, 0.2) is 4.60 Å². The van der Waals surface area contributed by atoms with E-state index in [2.05, 4.69) is 32.4 Å². The van der Waals surface area contributed by atoms with E-state index in [-0.39, 0.29) is 0 Å². The van der Waals surface area contributed by atoms with Gasteiger partial charge in [0.25, 0.3) is 0 Å². The van der Waals surface area contributed by atoms with Crippen LogP contribution in [0.25, 0.3) is 0 Å². The van der Waals surface area contributed by atoms with E-state index in [1.54, 1.807) is 0 Å². The molecule has 1 aromatic rings. The molecule has 2 nitrogen and oxygen atoms in total. The maximum absolute atomic E-state index is 4.34. The first-order valence-electron chi connectivity index (χ1n) is 3.34. The largest absolute Gasteiger partial charge is 0.326 e. The van der Waals surface area contributed by atoms with Crippen molar-refractivity contribution >= 4 is 29.4 Å². The summed E-state index contributed by atoms with van der Waals surface area (Å²) in [6.45, 7) is 2.11. The van der Waals surface area contributed by atoms with Gasteiger partial charge in [0, 0.05) is 19.1 Å². The van der Waals surface area contributed by atoms with Crippen LogP contribution in [0.3, 0.4) is 0 Å². The zero-order chi connectivity index (χ0) is 7.72. The Bertz CT molecular complexity index is 244. The number of hydrogen-bond acceptors (Lipinski definition) is 1. The molecule has 0 aliphatic heterocycles. The number of nitrogens with zero attached hydrogens (tertiary/aromatic N) is 2. The lowest BCUT2D eigenvalue weighted by Crippen LogP contribution is -2.04. The number of halogens is 1. The van der Waals surface area contributed by atoms with Gasteiger partial charge < -0.3 is 4.57 Å². The van der Waals surface area contributed by atoms with Crippen LogP contribution < -0.4 is 5.59 Å². The van der Waals surface area contributed by atoms with Gasteiger partial charge in [-0.25, -0.2) is 4.98 Å². The van der Waals surface area contributed by atoms with Gasteiger partial charge in [-0.2, -0.15) is 0 Å². The fourth-order valence-electron chi connectivity index (χ4n) is 0.987. The van der Waals surface area contributed by atoms with Crippen molar-refractivity contribution in [2.24, 2.45) is 7.05 Å². The molecule has 0 spiro atoms. The van der Waals surface area contributed by atoms with Crippen molar-refractivity contribution in [2.45, 2.75) is 13.3 Å². The Morgan fingerprint density at radius 1 is 1.70 bits per heavy atom. The molecule has 0 unspecified atom stereocenters. The Hall–Kier alpha value is -0.245. The Balaban J connectivity index is 3.17. The first-order valence-corrected chi connectivity index (χ1v) is 4.13. The first-order chi connectivity index (χ1) is 4.66. The molecule has 0 radical (unpaired) electrons. The highest BCUT2D eigenvalue weighted by atomic mass is 79.9. The summed E-state index contributed by atoms with van der Waals surface area (Å²) in [5, 5.41) is 0. The Morgan fingerprint density at radius 3 is 2.50 bits per heavy atom. The van der Waals surface area contributed by atoms with Crippen molar-refractivity contribution in [2.75, 3.05) is 0 Å². The normalized spacial score (nSPS) is 10.3. The Labute approximate surface area is 70.2 Å². The summed E-state index contributed by atoms with van der Waals surface area (Å²) in [7, 11) is 4.02. The molecule has 4 heteroatoms. The second-order valence-corrected chi connectivity index (χ2v) is 3.07. The van der Waals surface area contributed by atoms with Crippen LogP contribution >= 0.6 is 15.9 Å². The van der Waals surface area contributed by atoms with Gasteiger partial charge in [0.15, 0.2) is 7.85 Å². The lowest BCUT2D eigenvalue weighted by Gasteiger charge is -1.96. The van der Waals surface area contributed by atoms with Crippen LogP contribution in [-0.4, -0.2) is 17.4 Å². The van der Waals surface area contributed by atoms with Gasteiger partial charge in [0.1, 0.15) is 5.82 Å². The van der Waals surface area contributed by atoms with Crippen molar-refractivity contribution in [3.63, 3.8) is 0 Å². The van der Waals surface area contributed by atoms with Gasteiger partial charge in [-0.15, -0.1) is 0 Å². The molecule has 1 rings (SSSR count). The molecule has 54 valence electrons.